The minimum atomic E-state index is 0.540. The van der Waals surface area contributed by atoms with Crippen LogP contribution in [-0.2, 0) is 13.0 Å². The molecule has 0 aliphatic rings. The molecule has 1 atom stereocenters. The van der Waals surface area contributed by atoms with Gasteiger partial charge < -0.3 is 9.88 Å². The van der Waals surface area contributed by atoms with Gasteiger partial charge in [0.2, 0.25) is 0 Å². The van der Waals surface area contributed by atoms with Gasteiger partial charge in [-0.2, -0.15) is 11.8 Å². The zero-order chi connectivity index (χ0) is 11.1. The van der Waals surface area contributed by atoms with Crippen LogP contribution in [0.5, 0.6) is 0 Å². The third-order valence-corrected chi connectivity index (χ3v) is 3.17. The molecule has 1 unspecified atom stereocenters. The molecule has 86 valence electrons. The van der Waals surface area contributed by atoms with Gasteiger partial charge in [-0.05, 0) is 19.7 Å². The summed E-state index contributed by atoms with van der Waals surface area (Å²) < 4.78 is 2.21. The fourth-order valence-corrected chi connectivity index (χ4v) is 2.36. The first-order valence-electron chi connectivity index (χ1n) is 5.54. The summed E-state index contributed by atoms with van der Waals surface area (Å²) in [7, 11) is 0. The molecule has 0 fully saturated rings. The molecule has 15 heavy (non-hydrogen) atoms. The third kappa shape index (κ3) is 3.87. The first kappa shape index (κ1) is 12.6. The number of hydrogen-bond donors (Lipinski definition) is 1. The molecular formula is C11H21N3S. The second kappa shape index (κ2) is 6.90. The Labute approximate surface area is 96.7 Å². The molecule has 0 amide bonds. The van der Waals surface area contributed by atoms with E-state index in [1.807, 2.05) is 18.0 Å². The predicted octanol–water partition coefficient (Wildman–Crippen LogP) is 1.79. The van der Waals surface area contributed by atoms with Crippen LogP contribution < -0.4 is 5.32 Å². The van der Waals surface area contributed by atoms with Crippen molar-refractivity contribution in [2.75, 3.05) is 18.6 Å². The highest BCUT2D eigenvalue weighted by Crippen LogP contribution is 2.06. The summed E-state index contributed by atoms with van der Waals surface area (Å²) in [4.78, 5) is 4.41. The van der Waals surface area contributed by atoms with Crippen molar-refractivity contribution in [3.8, 4) is 0 Å². The highest BCUT2D eigenvalue weighted by Gasteiger charge is 2.10. The maximum absolute atomic E-state index is 4.41. The van der Waals surface area contributed by atoms with Gasteiger partial charge in [-0.25, -0.2) is 4.98 Å². The molecule has 0 saturated heterocycles. The van der Waals surface area contributed by atoms with Crippen molar-refractivity contribution in [2.45, 2.75) is 32.9 Å². The van der Waals surface area contributed by atoms with E-state index in [9.17, 15) is 0 Å². The van der Waals surface area contributed by atoms with Crippen LogP contribution in [0.1, 0.15) is 19.7 Å². The van der Waals surface area contributed by atoms with Crippen LogP contribution in [0.25, 0.3) is 0 Å². The van der Waals surface area contributed by atoms with Crippen molar-refractivity contribution in [1.29, 1.82) is 0 Å². The van der Waals surface area contributed by atoms with E-state index in [2.05, 4.69) is 41.2 Å². The van der Waals surface area contributed by atoms with Crippen molar-refractivity contribution in [1.82, 2.24) is 14.9 Å². The van der Waals surface area contributed by atoms with E-state index in [1.54, 1.807) is 0 Å². The first-order valence-corrected chi connectivity index (χ1v) is 6.93. The van der Waals surface area contributed by atoms with E-state index >= 15 is 0 Å². The summed E-state index contributed by atoms with van der Waals surface area (Å²) in [6.07, 6.45) is 7.12. The van der Waals surface area contributed by atoms with E-state index in [-0.39, 0.29) is 0 Å². The number of imidazole rings is 1. The number of aryl methyl sites for hydroxylation is 1. The molecular weight excluding hydrogens is 206 g/mol. The van der Waals surface area contributed by atoms with Crippen LogP contribution in [0.4, 0.5) is 0 Å². The van der Waals surface area contributed by atoms with Gasteiger partial charge in [0.1, 0.15) is 5.82 Å². The molecule has 1 heterocycles. The van der Waals surface area contributed by atoms with Gasteiger partial charge in [-0.1, -0.05) is 6.92 Å². The van der Waals surface area contributed by atoms with Gasteiger partial charge in [0.25, 0.3) is 0 Å². The van der Waals surface area contributed by atoms with Crippen LogP contribution in [-0.4, -0.2) is 34.1 Å². The van der Waals surface area contributed by atoms with Gasteiger partial charge in [0.05, 0.1) is 0 Å². The Balaban J connectivity index is 2.56. The molecule has 3 nitrogen and oxygen atoms in total. The van der Waals surface area contributed by atoms with Crippen molar-refractivity contribution in [3.05, 3.63) is 18.2 Å². The lowest BCUT2D eigenvalue weighted by atomic mass is 10.2. The fraction of sp³-hybridized carbons (Fsp3) is 0.727. The van der Waals surface area contributed by atoms with E-state index in [0.29, 0.717) is 6.04 Å². The SMILES string of the molecule is CCNC(CSC)Cc1nccn1CC. The summed E-state index contributed by atoms with van der Waals surface area (Å²) in [6.45, 7) is 6.34. The smallest absolute Gasteiger partial charge is 0.110 e. The molecule has 1 rings (SSSR count). The van der Waals surface area contributed by atoms with E-state index in [0.717, 1.165) is 25.3 Å². The first-order chi connectivity index (χ1) is 7.31. The third-order valence-electron chi connectivity index (χ3n) is 2.43. The molecule has 0 spiro atoms. The van der Waals surface area contributed by atoms with Crippen molar-refractivity contribution >= 4 is 11.8 Å². The van der Waals surface area contributed by atoms with Crippen LogP contribution in [0.3, 0.4) is 0 Å². The molecule has 0 saturated carbocycles. The number of thioether (sulfide) groups is 1. The second-order valence-corrected chi connectivity index (χ2v) is 4.45. The monoisotopic (exact) mass is 227 g/mol. The van der Waals surface area contributed by atoms with Crippen LogP contribution in [0.15, 0.2) is 12.4 Å². The molecule has 1 N–H and O–H groups in total. The number of aromatic nitrogens is 2. The molecule has 0 aliphatic heterocycles. The summed E-state index contributed by atoms with van der Waals surface area (Å²) in [5.41, 5.74) is 0. The Morgan fingerprint density at radius 3 is 2.93 bits per heavy atom. The number of likely N-dealkylation sites (N-methyl/N-ethyl adjacent to an activating group) is 1. The average Bonchev–Trinajstić information content (AvgIpc) is 2.66. The molecule has 0 aromatic carbocycles. The van der Waals surface area contributed by atoms with Crippen LogP contribution >= 0.6 is 11.8 Å². The number of hydrogen-bond acceptors (Lipinski definition) is 3. The molecule has 0 aliphatic carbocycles. The summed E-state index contributed by atoms with van der Waals surface area (Å²) in [5, 5.41) is 3.50. The maximum atomic E-state index is 4.41. The summed E-state index contributed by atoms with van der Waals surface area (Å²) >= 11 is 1.89. The fourth-order valence-electron chi connectivity index (χ4n) is 1.72. The van der Waals surface area contributed by atoms with Crippen molar-refractivity contribution in [2.24, 2.45) is 0 Å². The average molecular weight is 227 g/mol. The summed E-state index contributed by atoms with van der Waals surface area (Å²) in [6, 6.07) is 0.540. The Bertz CT molecular complexity index is 267. The minimum absolute atomic E-state index is 0.540. The lowest BCUT2D eigenvalue weighted by Crippen LogP contribution is -2.34. The van der Waals surface area contributed by atoms with Crippen molar-refractivity contribution in [3.63, 3.8) is 0 Å². The van der Waals surface area contributed by atoms with E-state index in [1.165, 1.54) is 5.82 Å². The maximum Gasteiger partial charge on any atom is 0.110 e. The number of nitrogens with one attached hydrogen (secondary N) is 1. The van der Waals surface area contributed by atoms with E-state index in [4.69, 9.17) is 0 Å². The van der Waals surface area contributed by atoms with Gasteiger partial charge in [-0.15, -0.1) is 0 Å². The Morgan fingerprint density at radius 1 is 1.53 bits per heavy atom. The van der Waals surface area contributed by atoms with Gasteiger partial charge in [0, 0.05) is 37.2 Å². The number of nitrogens with zero attached hydrogens (tertiary/aromatic N) is 2. The largest absolute Gasteiger partial charge is 0.335 e. The normalized spacial score (nSPS) is 13.0. The quantitative estimate of drug-likeness (QED) is 0.770. The lowest BCUT2D eigenvalue weighted by molar-refractivity contribution is 0.542. The predicted molar refractivity (Wildman–Crippen MR) is 67.5 cm³/mol. The van der Waals surface area contributed by atoms with Gasteiger partial charge in [0.15, 0.2) is 0 Å². The zero-order valence-electron chi connectivity index (χ0n) is 9.86. The standard InChI is InChI=1S/C11H21N3S/c1-4-12-10(9-15-3)8-11-13-6-7-14(11)5-2/h6-7,10,12H,4-5,8-9H2,1-3H3. The topological polar surface area (TPSA) is 29.9 Å². The Hall–Kier alpha value is -0.480. The minimum Gasteiger partial charge on any atom is -0.335 e. The van der Waals surface area contributed by atoms with Crippen LogP contribution in [0.2, 0.25) is 0 Å². The Morgan fingerprint density at radius 2 is 2.33 bits per heavy atom. The second-order valence-electron chi connectivity index (χ2n) is 3.54. The molecule has 0 radical (unpaired) electrons. The summed E-state index contributed by atoms with van der Waals surface area (Å²) in [5.74, 6) is 2.34. The molecule has 4 heteroatoms. The van der Waals surface area contributed by atoms with Crippen molar-refractivity contribution < 1.29 is 0 Å². The lowest BCUT2D eigenvalue weighted by Gasteiger charge is -2.16. The number of rotatable bonds is 7. The van der Waals surface area contributed by atoms with Gasteiger partial charge >= 0.3 is 0 Å². The van der Waals surface area contributed by atoms with E-state index < -0.39 is 0 Å². The highest BCUT2D eigenvalue weighted by molar-refractivity contribution is 7.98. The molecule has 1 aromatic rings. The zero-order valence-corrected chi connectivity index (χ0v) is 10.7. The Kier molecular flexibility index (Phi) is 5.79. The highest BCUT2D eigenvalue weighted by atomic mass is 32.2. The van der Waals surface area contributed by atoms with Gasteiger partial charge in [-0.3, -0.25) is 0 Å². The molecule has 1 aromatic heterocycles. The van der Waals surface area contributed by atoms with Crippen LogP contribution in [0, 0.1) is 0 Å². The molecule has 0 bridgehead atoms.